The van der Waals surface area contributed by atoms with Crippen LogP contribution in [0.2, 0.25) is 0 Å². The first-order valence-electron chi connectivity index (χ1n) is 7.29. The van der Waals surface area contributed by atoms with Crippen molar-refractivity contribution in [2.45, 2.75) is 39.5 Å². The summed E-state index contributed by atoms with van der Waals surface area (Å²) in [5.41, 5.74) is 1.99. The van der Waals surface area contributed by atoms with E-state index in [2.05, 4.69) is 53.1 Å². The highest BCUT2D eigenvalue weighted by atomic mass is 17.2. The van der Waals surface area contributed by atoms with Gasteiger partial charge in [-0.1, -0.05) is 36.4 Å². The summed E-state index contributed by atoms with van der Waals surface area (Å²) in [6, 6.07) is 16.8. The van der Waals surface area contributed by atoms with Gasteiger partial charge in [-0.25, -0.2) is 9.78 Å². The first kappa shape index (κ1) is 14.1. The van der Waals surface area contributed by atoms with Crippen molar-refractivity contribution in [2.24, 2.45) is 0 Å². The summed E-state index contributed by atoms with van der Waals surface area (Å²) in [7, 11) is 0. The van der Waals surface area contributed by atoms with E-state index in [9.17, 15) is 0 Å². The third-order valence-corrected chi connectivity index (χ3v) is 3.42. The molecule has 3 heteroatoms. The fourth-order valence-corrected chi connectivity index (χ4v) is 2.60. The molecule has 0 saturated heterocycles. The maximum atomic E-state index is 5.63. The molecule has 1 aromatic heterocycles. The van der Waals surface area contributed by atoms with Crippen LogP contribution in [0.3, 0.4) is 0 Å². The summed E-state index contributed by atoms with van der Waals surface area (Å²) < 4.78 is 2.18. The molecule has 110 valence electrons. The second-order valence-electron chi connectivity index (χ2n) is 6.30. The molecule has 0 aliphatic heterocycles. The fraction of sp³-hybridized carbons (Fsp3) is 0.333. The maximum Gasteiger partial charge on any atom is 0.166 e. The Morgan fingerprint density at radius 1 is 0.857 bits per heavy atom. The molecular weight excluding hydrogens is 262 g/mol. The van der Waals surface area contributed by atoms with E-state index in [1.165, 1.54) is 10.8 Å². The van der Waals surface area contributed by atoms with Gasteiger partial charge in [0.1, 0.15) is 0 Å². The highest BCUT2D eigenvalue weighted by molar-refractivity contribution is 6.08. The minimum Gasteiger partial charge on any atom is -0.311 e. The number of hydrogen-bond donors (Lipinski definition) is 0. The standard InChI is InChI=1S/C18H21NO2/c1-13(20-21-18(2,3)4)19-16-11-7-5-9-14(16)15-10-6-8-12-17(15)19/h5-13H,1-4H3. The molecule has 3 nitrogen and oxygen atoms in total. The molecule has 1 heterocycles. The van der Waals surface area contributed by atoms with Crippen LogP contribution in [0.25, 0.3) is 21.8 Å². The van der Waals surface area contributed by atoms with Crippen molar-refractivity contribution in [3.05, 3.63) is 48.5 Å². The smallest absolute Gasteiger partial charge is 0.166 e. The monoisotopic (exact) mass is 283 g/mol. The Bertz CT molecular complexity index is 714. The quantitative estimate of drug-likeness (QED) is 0.495. The zero-order chi connectivity index (χ0) is 15.0. The van der Waals surface area contributed by atoms with Gasteiger partial charge < -0.3 is 4.57 Å². The van der Waals surface area contributed by atoms with Crippen LogP contribution >= 0.6 is 0 Å². The molecular formula is C18H21NO2. The molecule has 0 radical (unpaired) electrons. The zero-order valence-electron chi connectivity index (χ0n) is 13.0. The van der Waals surface area contributed by atoms with E-state index in [-0.39, 0.29) is 11.8 Å². The van der Waals surface area contributed by atoms with Crippen LogP contribution < -0.4 is 0 Å². The summed E-state index contributed by atoms with van der Waals surface area (Å²) in [5, 5.41) is 2.47. The predicted molar refractivity (Wildman–Crippen MR) is 86.1 cm³/mol. The lowest BCUT2D eigenvalue weighted by atomic mass is 10.2. The van der Waals surface area contributed by atoms with Crippen LogP contribution in [-0.4, -0.2) is 10.2 Å². The van der Waals surface area contributed by atoms with Crippen molar-refractivity contribution < 1.29 is 9.78 Å². The Morgan fingerprint density at radius 2 is 1.33 bits per heavy atom. The van der Waals surface area contributed by atoms with E-state index in [1.54, 1.807) is 0 Å². The lowest BCUT2D eigenvalue weighted by Crippen LogP contribution is -2.22. The molecule has 0 N–H and O–H groups in total. The molecule has 3 aromatic rings. The van der Waals surface area contributed by atoms with E-state index >= 15 is 0 Å². The molecule has 0 fully saturated rings. The lowest BCUT2D eigenvalue weighted by Gasteiger charge is -2.23. The number of benzene rings is 2. The Morgan fingerprint density at radius 3 is 1.81 bits per heavy atom. The third-order valence-electron chi connectivity index (χ3n) is 3.42. The number of aromatic nitrogens is 1. The molecule has 0 amide bonds. The average molecular weight is 283 g/mol. The number of rotatable bonds is 3. The number of para-hydroxylation sites is 2. The topological polar surface area (TPSA) is 23.4 Å². The first-order chi connectivity index (χ1) is 9.97. The number of hydrogen-bond acceptors (Lipinski definition) is 2. The predicted octanol–water partition coefficient (Wildman–Crippen LogP) is 5.06. The zero-order valence-corrected chi connectivity index (χ0v) is 13.0. The van der Waals surface area contributed by atoms with Gasteiger partial charge in [0.05, 0.1) is 16.6 Å². The van der Waals surface area contributed by atoms with Gasteiger partial charge in [0.25, 0.3) is 0 Å². The van der Waals surface area contributed by atoms with Crippen LogP contribution in [0.5, 0.6) is 0 Å². The maximum absolute atomic E-state index is 5.63. The molecule has 0 saturated carbocycles. The van der Waals surface area contributed by atoms with Crippen LogP contribution in [0, 0.1) is 0 Å². The minimum atomic E-state index is -0.326. The molecule has 1 unspecified atom stereocenters. The summed E-state index contributed by atoms with van der Waals surface area (Å²) in [6.07, 6.45) is -0.200. The van der Waals surface area contributed by atoms with Gasteiger partial charge in [-0.3, -0.25) is 0 Å². The Hall–Kier alpha value is -1.84. The molecule has 0 spiro atoms. The summed E-state index contributed by atoms with van der Waals surface area (Å²) in [5.74, 6) is 0. The van der Waals surface area contributed by atoms with Crippen molar-refractivity contribution in [3.63, 3.8) is 0 Å². The Kier molecular flexibility index (Phi) is 3.47. The van der Waals surface area contributed by atoms with E-state index in [0.29, 0.717) is 0 Å². The van der Waals surface area contributed by atoms with Crippen LogP contribution in [-0.2, 0) is 9.78 Å². The van der Waals surface area contributed by atoms with Crippen molar-refractivity contribution in [2.75, 3.05) is 0 Å². The van der Waals surface area contributed by atoms with Crippen LogP contribution in [0.15, 0.2) is 48.5 Å². The van der Waals surface area contributed by atoms with E-state index in [0.717, 1.165) is 11.0 Å². The van der Waals surface area contributed by atoms with E-state index in [1.807, 2.05) is 27.7 Å². The van der Waals surface area contributed by atoms with Gasteiger partial charge in [-0.2, -0.15) is 0 Å². The molecule has 1 atom stereocenters. The van der Waals surface area contributed by atoms with E-state index < -0.39 is 0 Å². The molecule has 21 heavy (non-hydrogen) atoms. The van der Waals surface area contributed by atoms with Gasteiger partial charge in [0, 0.05) is 10.8 Å². The Balaban J connectivity index is 2.11. The summed E-state index contributed by atoms with van der Waals surface area (Å²) in [6.45, 7) is 7.94. The molecule has 2 aromatic carbocycles. The molecule has 0 aliphatic rings. The second kappa shape index (κ2) is 5.17. The Labute approximate surface area is 125 Å². The molecule has 0 aliphatic carbocycles. The van der Waals surface area contributed by atoms with Crippen LogP contribution in [0.4, 0.5) is 0 Å². The average Bonchev–Trinajstić information content (AvgIpc) is 2.79. The van der Waals surface area contributed by atoms with Crippen molar-refractivity contribution in [3.8, 4) is 0 Å². The number of fused-ring (bicyclic) bond motifs is 3. The normalized spacial score (nSPS) is 13.9. The first-order valence-corrected chi connectivity index (χ1v) is 7.29. The summed E-state index contributed by atoms with van der Waals surface area (Å²) >= 11 is 0. The number of nitrogens with zero attached hydrogens (tertiary/aromatic N) is 1. The van der Waals surface area contributed by atoms with Gasteiger partial charge >= 0.3 is 0 Å². The highest BCUT2D eigenvalue weighted by Crippen LogP contribution is 2.32. The van der Waals surface area contributed by atoms with Crippen LogP contribution in [0.1, 0.15) is 33.9 Å². The minimum absolute atomic E-state index is 0.200. The van der Waals surface area contributed by atoms with Gasteiger partial charge in [-0.15, -0.1) is 0 Å². The highest BCUT2D eigenvalue weighted by Gasteiger charge is 2.18. The summed E-state index contributed by atoms with van der Waals surface area (Å²) in [4.78, 5) is 11.1. The SMILES string of the molecule is CC(OOC(C)(C)C)n1c2ccccc2c2ccccc21. The fourth-order valence-electron chi connectivity index (χ4n) is 2.60. The van der Waals surface area contributed by atoms with Gasteiger partial charge in [0.15, 0.2) is 6.23 Å². The van der Waals surface area contributed by atoms with Crippen molar-refractivity contribution >= 4 is 21.8 Å². The molecule has 0 bridgehead atoms. The van der Waals surface area contributed by atoms with Gasteiger partial charge in [-0.05, 0) is 39.8 Å². The third kappa shape index (κ3) is 2.67. The second-order valence-corrected chi connectivity index (χ2v) is 6.30. The van der Waals surface area contributed by atoms with Gasteiger partial charge in [0.2, 0.25) is 0 Å². The molecule has 3 rings (SSSR count). The van der Waals surface area contributed by atoms with Crippen molar-refractivity contribution in [1.82, 2.24) is 4.57 Å². The largest absolute Gasteiger partial charge is 0.311 e. The van der Waals surface area contributed by atoms with Crippen molar-refractivity contribution in [1.29, 1.82) is 0 Å². The lowest BCUT2D eigenvalue weighted by molar-refractivity contribution is -0.384. The van der Waals surface area contributed by atoms with E-state index in [4.69, 9.17) is 9.78 Å².